The van der Waals surface area contributed by atoms with Crippen LogP contribution in [-0.2, 0) is 13.1 Å². The van der Waals surface area contributed by atoms with Gasteiger partial charge in [-0.1, -0.05) is 25.1 Å². The second-order valence-corrected chi connectivity index (χ2v) is 4.45. The zero-order valence-electron chi connectivity index (χ0n) is 11.2. The summed E-state index contributed by atoms with van der Waals surface area (Å²) in [6.07, 6.45) is 1.94. The van der Waals surface area contributed by atoms with Crippen LogP contribution in [0.2, 0.25) is 0 Å². The van der Waals surface area contributed by atoms with Crippen molar-refractivity contribution in [3.05, 3.63) is 41.7 Å². The molecule has 1 heterocycles. The van der Waals surface area contributed by atoms with Gasteiger partial charge >= 0.3 is 0 Å². The summed E-state index contributed by atoms with van der Waals surface area (Å²) in [5, 5.41) is 3.12. The molecule has 94 valence electrons. The van der Waals surface area contributed by atoms with Gasteiger partial charge in [0.15, 0.2) is 0 Å². The van der Waals surface area contributed by atoms with E-state index >= 15 is 0 Å². The van der Waals surface area contributed by atoms with Gasteiger partial charge in [-0.2, -0.15) is 0 Å². The van der Waals surface area contributed by atoms with Crippen molar-refractivity contribution < 1.29 is 0 Å². The summed E-state index contributed by atoms with van der Waals surface area (Å²) in [6, 6.07) is 4.24. The molecule has 0 bridgehead atoms. The number of nitrogens with one attached hydrogen (secondary N) is 1. The fourth-order valence-electron chi connectivity index (χ4n) is 1.75. The Labute approximate surface area is 105 Å². The number of nitrogens with zero attached hydrogens (tertiary/aromatic N) is 2. The van der Waals surface area contributed by atoms with Crippen LogP contribution < -0.4 is 5.32 Å². The average molecular weight is 233 g/mol. The maximum atomic E-state index is 4.48. The number of aromatic nitrogens is 1. The Morgan fingerprint density at radius 2 is 2.24 bits per heavy atom. The van der Waals surface area contributed by atoms with Crippen molar-refractivity contribution in [3.63, 3.8) is 0 Å². The predicted octanol–water partition coefficient (Wildman–Crippen LogP) is 2.20. The largest absolute Gasteiger partial charge is 0.316 e. The van der Waals surface area contributed by atoms with Crippen LogP contribution in [0.25, 0.3) is 0 Å². The molecule has 0 aromatic carbocycles. The van der Waals surface area contributed by atoms with Gasteiger partial charge in [0, 0.05) is 25.8 Å². The molecule has 1 aromatic rings. The molecule has 0 amide bonds. The molecule has 0 aliphatic heterocycles. The highest BCUT2D eigenvalue weighted by atomic mass is 15.1. The monoisotopic (exact) mass is 233 g/mol. The van der Waals surface area contributed by atoms with E-state index in [9.17, 15) is 0 Å². The van der Waals surface area contributed by atoms with Gasteiger partial charge in [-0.3, -0.25) is 9.88 Å². The van der Waals surface area contributed by atoms with Crippen molar-refractivity contribution in [1.29, 1.82) is 0 Å². The minimum atomic E-state index is 0.872. The molecule has 0 saturated carbocycles. The van der Waals surface area contributed by atoms with Crippen molar-refractivity contribution in [2.24, 2.45) is 0 Å². The number of hydrogen-bond donors (Lipinski definition) is 1. The van der Waals surface area contributed by atoms with Gasteiger partial charge in [0.2, 0.25) is 0 Å². The highest BCUT2D eigenvalue weighted by Gasteiger charge is 2.04. The number of likely N-dealkylation sites (N-methyl/N-ethyl adjacent to an activating group) is 1. The van der Waals surface area contributed by atoms with E-state index in [1.165, 1.54) is 11.1 Å². The van der Waals surface area contributed by atoms with Crippen LogP contribution in [0.1, 0.15) is 25.1 Å². The lowest BCUT2D eigenvalue weighted by atomic mass is 10.2. The quantitative estimate of drug-likeness (QED) is 0.732. The Morgan fingerprint density at radius 1 is 1.47 bits per heavy atom. The maximum absolute atomic E-state index is 4.48. The van der Waals surface area contributed by atoms with Crippen molar-refractivity contribution in [1.82, 2.24) is 15.2 Å². The smallest absolute Gasteiger partial charge is 0.0544 e. The first kappa shape index (κ1) is 13.9. The molecule has 0 unspecified atom stereocenters. The Morgan fingerprint density at radius 3 is 2.71 bits per heavy atom. The molecule has 0 fully saturated rings. The lowest BCUT2D eigenvalue weighted by Gasteiger charge is -2.19. The second-order valence-electron chi connectivity index (χ2n) is 4.45. The topological polar surface area (TPSA) is 28.2 Å². The van der Waals surface area contributed by atoms with Gasteiger partial charge in [0.25, 0.3) is 0 Å². The van der Waals surface area contributed by atoms with Crippen molar-refractivity contribution in [2.45, 2.75) is 26.9 Å². The Balaban J connectivity index is 2.57. The highest BCUT2D eigenvalue weighted by Crippen LogP contribution is 2.05. The van der Waals surface area contributed by atoms with E-state index in [4.69, 9.17) is 0 Å². The number of hydrogen-bond acceptors (Lipinski definition) is 3. The first-order valence-electron chi connectivity index (χ1n) is 6.10. The van der Waals surface area contributed by atoms with Crippen LogP contribution in [0.15, 0.2) is 30.5 Å². The summed E-state index contributed by atoms with van der Waals surface area (Å²) < 4.78 is 0. The molecule has 0 spiro atoms. The molecule has 0 aliphatic rings. The lowest BCUT2D eigenvalue weighted by Crippen LogP contribution is -2.25. The van der Waals surface area contributed by atoms with Crippen molar-refractivity contribution in [3.8, 4) is 0 Å². The maximum Gasteiger partial charge on any atom is 0.0544 e. The molecular weight excluding hydrogens is 210 g/mol. The van der Waals surface area contributed by atoms with Crippen LogP contribution in [0, 0.1) is 0 Å². The van der Waals surface area contributed by atoms with Gasteiger partial charge in [-0.25, -0.2) is 0 Å². The molecule has 17 heavy (non-hydrogen) atoms. The molecule has 1 N–H and O–H groups in total. The summed E-state index contributed by atoms with van der Waals surface area (Å²) >= 11 is 0. The number of pyridine rings is 1. The predicted molar refractivity (Wildman–Crippen MR) is 72.8 cm³/mol. The van der Waals surface area contributed by atoms with E-state index in [0.717, 1.165) is 31.9 Å². The fourth-order valence-corrected chi connectivity index (χ4v) is 1.75. The average Bonchev–Trinajstić information content (AvgIpc) is 2.30. The molecule has 0 saturated heterocycles. The Kier molecular flexibility index (Phi) is 5.87. The Hall–Kier alpha value is -1.19. The van der Waals surface area contributed by atoms with E-state index in [1.807, 2.05) is 13.2 Å². The third kappa shape index (κ3) is 5.11. The first-order chi connectivity index (χ1) is 8.15. The third-order valence-corrected chi connectivity index (χ3v) is 2.59. The minimum absolute atomic E-state index is 0.872. The van der Waals surface area contributed by atoms with Gasteiger partial charge < -0.3 is 5.32 Å². The molecular formula is C14H23N3. The van der Waals surface area contributed by atoms with Gasteiger partial charge in [0.05, 0.1) is 5.69 Å². The van der Waals surface area contributed by atoms with Gasteiger partial charge in [-0.15, -0.1) is 0 Å². The standard InChI is InChI=1S/C14H23N3/c1-5-17(10-12(2)3)11-14-7-6-13(8-15-4)9-16-14/h6-7,9,15H,2,5,8,10-11H2,1,3-4H3. The van der Waals surface area contributed by atoms with E-state index in [-0.39, 0.29) is 0 Å². The minimum Gasteiger partial charge on any atom is -0.316 e. The molecule has 3 heteroatoms. The fraction of sp³-hybridized carbons (Fsp3) is 0.500. The van der Waals surface area contributed by atoms with Gasteiger partial charge in [-0.05, 0) is 32.1 Å². The number of rotatable bonds is 7. The molecule has 3 nitrogen and oxygen atoms in total. The van der Waals surface area contributed by atoms with Crippen LogP contribution >= 0.6 is 0 Å². The highest BCUT2D eigenvalue weighted by molar-refractivity contribution is 5.14. The molecule has 1 aromatic heterocycles. The zero-order chi connectivity index (χ0) is 12.7. The second kappa shape index (κ2) is 7.20. The summed E-state index contributed by atoms with van der Waals surface area (Å²) in [5.74, 6) is 0. The normalized spacial score (nSPS) is 10.8. The van der Waals surface area contributed by atoms with E-state index in [2.05, 4.69) is 47.8 Å². The molecule has 1 rings (SSSR count). The van der Waals surface area contributed by atoms with Crippen molar-refractivity contribution >= 4 is 0 Å². The van der Waals surface area contributed by atoms with E-state index < -0.39 is 0 Å². The summed E-state index contributed by atoms with van der Waals surface area (Å²) in [5.41, 5.74) is 3.53. The van der Waals surface area contributed by atoms with E-state index in [0.29, 0.717) is 0 Å². The van der Waals surface area contributed by atoms with Crippen molar-refractivity contribution in [2.75, 3.05) is 20.1 Å². The third-order valence-electron chi connectivity index (χ3n) is 2.59. The first-order valence-corrected chi connectivity index (χ1v) is 6.10. The molecule has 0 radical (unpaired) electrons. The summed E-state index contributed by atoms with van der Waals surface area (Å²) in [6.45, 7) is 11.9. The molecule has 0 aliphatic carbocycles. The summed E-state index contributed by atoms with van der Waals surface area (Å²) in [7, 11) is 1.94. The zero-order valence-corrected chi connectivity index (χ0v) is 11.2. The van der Waals surface area contributed by atoms with Crippen LogP contribution in [0.5, 0.6) is 0 Å². The van der Waals surface area contributed by atoms with Crippen LogP contribution in [0.4, 0.5) is 0 Å². The van der Waals surface area contributed by atoms with Crippen LogP contribution in [-0.4, -0.2) is 30.0 Å². The Bertz CT molecular complexity index is 343. The molecule has 0 atom stereocenters. The summed E-state index contributed by atoms with van der Waals surface area (Å²) in [4.78, 5) is 6.82. The SMILES string of the molecule is C=C(C)CN(CC)Cc1ccc(CNC)cn1. The van der Waals surface area contributed by atoms with E-state index in [1.54, 1.807) is 0 Å². The van der Waals surface area contributed by atoms with Gasteiger partial charge in [0.1, 0.15) is 0 Å². The van der Waals surface area contributed by atoms with Crippen LogP contribution in [0.3, 0.4) is 0 Å². The lowest BCUT2D eigenvalue weighted by molar-refractivity contribution is 0.301.